The van der Waals surface area contributed by atoms with Crippen LogP contribution in [0.2, 0.25) is 0 Å². The fraction of sp³-hybridized carbons (Fsp3) is 1.00. The van der Waals surface area contributed by atoms with Crippen molar-refractivity contribution < 1.29 is 17.3 Å². The van der Waals surface area contributed by atoms with Crippen molar-refractivity contribution in [3.8, 4) is 0 Å². The predicted octanol–water partition coefficient (Wildman–Crippen LogP) is 1.67. The Morgan fingerprint density at radius 1 is 1.18 bits per heavy atom. The van der Waals surface area contributed by atoms with Crippen LogP contribution in [0, 0.1) is 0 Å². The van der Waals surface area contributed by atoms with Gasteiger partial charge in [0.25, 0.3) is 10.1 Å². The molecule has 2 aliphatic rings. The van der Waals surface area contributed by atoms with Gasteiger partial charge in [-0.25, -0.2) is 5.01 Å². The Labute approximate surface area is 134 Å². The second-order valence-corrected chi connectivity index (χ2v) is 8.20. The van der Waals surface area contributed by atoms with Crippen molar-refractivity contribution in [1.29, 1.82) is 0 Å². The lowest BCUT2D eigenvalue weighted by Crippen LogP contribution is -2.50. The maximum atomic E-state index is 12.2. The Morgan fingerprint density at radius 3 is 2.59 bits per heavy atom. The Kier molecular flexibility index (Phi) is 7.08. The molecule has 1 saturated carbocycles. The zero-order chi connectivity index (χ0) is 16.0. The Bertz CT molecular complexity index is 423. The number of nitrogens with one attached hydrogen (secondary N) is 1. The molecule has 22 heavy (non-hydrogen) atoms. The van der Waals surface area contributed by atoms with E-state index in [0.29, 0.717) is 12.6 Å². The summed E-state index contributed by atoms with van der Waals surface area (Å²) >= 11 is 0. The molecule has 0 amide bonds. The van der Waals surface area contributed by atoms with Gasteiger partial charge in [0.15, 0.2) is 0 Å². The number of methoxy groups -OCH3 is 1. The second-order valence-electron chi connectivity index (χ2n) is 6.56. The standard InChI is InChI=1S/C15H30N2O4S/c1-13(16-17-10-6-7-14(17)11-20-2)12-22(18,19)21-15-8-4-3-5-9-15/h13-16H,3-12H2,1-2H3/t13-,14+/m1/s1. The molecule has 2 fully saturated rings. The molecule has 6 nitrogen and oxygen atoms in total. The van der Waals surface area contributed by atoms with Crippen molar-refractivity contribution in [2.75, 3.05) is 26.0 Å². The van der Waals surface area contributed by atoms with Crippen LogP contribution >= 0.6 is 0 Å². The summed E-state index contributed by atoms with van der Waals surface area (Å²) < 4.78 is 35.0. The maximum absolute atomic E-state index is 12.2. The van der Waals surface area contributed by atoms with E-state index in [4.69, 9.17) is 8.92 Å². The molecule has 0 bridgehead atoms. The van der Waals surface area contributed by atoms with E-state index >= 15 is 0 Å². The fourth-order valence-electron chi connectivity index (χ4n) is 3.41. The molecule has 130 valence electrons. The summed E-state index contributed by atoms with van der Waals surface area (Å²) in [6.45, 7) is 3.50. The second kappa shape index (κ2) is 8.59. The highest BCUT2D eigenvalue weighted by atomic mass is 32.2. The first-order valence-electron chi connectivity index (χ1n) is 8.43. The third-order valence-electron chi connectivity index (χ3n) is 4.41. The van der Waals surface area contributed by atoms with Crippen molar-refractivity contribution in [2.24, 2.45) is 0 Å². The molecule has 2 atom stereocenters. The summed E-state index contributed by atoms with van der Waals surface area (Å²) in [5, 5.41) is 2.12. The molecule has 0 radical (unpaired) electrons. The summed E-state index contributed by atoms with van der Waals surface area (Å²) in [7, 11) is -1.78. The fourth-order valence-corrected chi connectivity index (χ4v) is 4.78. The highest BCUT2D eigenvalue weighted by molar-refractivity contribution is 7.86. The van der Waals surface area contributed by atoms with E-state index in [1.807, 2.05) is 6.92 Å². The van der Waals surface area contributed by atoms with Crippen molar-refractivity contribution in [1.82, 2.24) is 10.4 Å². The van der Waals surface area contributed by atoms with Gasteiger partial charge in [-0.15, -0.1) is 0 Å². The lowest BCUT2D eigenvalue weighted by Gasteiger charge is -2.28. The van der Waals surface area contributed by atoms with Gasteiger partial charge in [-0.1, -0.05) is 19.3 Å². The lowest BCUT2D eigenvalue weighted by atomic mass is 9.98. The van der Waals surface area contributed by atoms with Gasteiger partial charge in [-0.3, -0.25) is 9.61 Å². The zero-order valence-electron chi connectivity index (χ0n) is 13.8. The van der Waals surface area contributed by atoms with Gasteiger partial charge in [0.1, 0.15) is 0 Å². The summed E-state index contributed by atoms with van der Waals surface area (Å²) in [4.78, 5) is 0. The van der Waals surface area contributed by atoms with Gasteiger partial charge in [0.05, 0.1) is 18.5 Å². The van der Waals surface area contributed by atoms with Crippen molar-refractivity contribution in [3.63, 3.8) is 0 Å². The number of rotatable bonds is 8. The van der Waals surface area contributed by atoms with E-state index < -0.39 is 10.1 Å². The number of hydrazine groups is 1. The molecule has 1 saturated heterocycles. The number of hydrogen-bond donors (Lipinski definition) is 1. The van der Waals surface area contributed by atoms with E-state index in [-0.39, 0.29) is 17.9 Å². The summed E-state index contributed by atoms with van der Waals surface area (Å²) in [5.74, 6) is 0.0136. The lowest BCUT2D eigenvalue weighted by molar-refractivity contribution is 0.0751. The molecule has 1 heterocycles. The van der Waals surface area contributed by atoms with Crippen LogP contribution in [0.5, 0.6) is 0 Å². The highest BCUT2D eigenvalue weighted by Crippen LogP contribution is 2.22. The first-order chi connectivity index (χ1) is 10.5. The average molecular weight is 334 g/mol. The predicted molar refractivity (Wildman–Crippen MR) is 85.9 cm³/mol. The topological polar surface area (TPSA) is 67.9 Å². The van der Waals surface area contributed by atoms with Crippen LogP contribution in [0.15, 0.2) is 0 Å². The van der Waals surface area contributed by atoms with Crippen LogP contribution in [0.4, 0.5) is 0 Å². The Hall–Kier alpha value is -0.210. The van der Waals surface area contributed by atoms with E-state index in [9.17, 15) is 8.42 Å². The minimum absolute atomic E-state index is 0.0136. The summed E-state index contributed by atoms with van der Waals surface area (Å²) in [6, 6.07) is 0.167. The molecule has 0 aromatic rings. The van der Waals surface area contributed by atoms with E-state index in [1.54, 1.807) is 7.11 Å². The average Bonchev–Trinajstić information content (AvgIpc) is 2.86. The first-order valence-corrected chi connectivity index (χ1v) is 10.0. The summed E-state index contributed by atoms with van der Waals surface area (Å²) in [6.07, 6.45) is 7.14. The number of hydrogen-bond acceptors (Lipinski definition) is 6. The van der Waals surface area contributed by atoms with Crippen LogP contribution in [0.3, 0.4) is 0 Å². The van der Waals surface area contributed by atoms with Crippen LogP contribution in [0.1, 0.15) is 51.9 Å². The quantitative estimate of drug-likeness (QED) is 0.681. The van der Waals surface area contributed by atoms with Crippen LogP contribution < -0.4 is 5.43 Å². The SMILES string of the molecule is COC[C@@H]1CCCN1N[C@H](C)CS(=O)(=O)OC1CCCCC1. The molecule has 0 aromatic heterocycles. The molecule has 0 aromatic carbocycles. The van der Waals surface area contributed by atoms with Gasteiger partial charge < -0.3 is 4.74 Å². The zero-order valence-corrected chi connectivity index (χ0v) is 14.6. The van der Waals surface area contributed by atoms with Crippen LogP contribution in [0.25, 0.3) is 0 Å². The van der Waals surface area contributed by atoms with Gasteiger partial charge in [-0.05, 0) is 32.6 Å². The van der Waals surface area contributed by atoms with Crippen LogP contribution in [-0.2, 0) is 19.0 Å². The molecule has 2 rings (SSSR count). The van der Waals surface area contributed by atoms with Gasteiger partial charge in [-0.2, -0.15) is 8.42 Å². The number of nitrogens with zero attached hydrogens (tertiary/aromatic N) is 1. The first kappa shape index (κ1) is 18.1. The van der Waals surface area contributed by atoms with Crippen molar-refractivity contribution in [3.05, 3.63) is 0 Å². The molecule has 1 aliphatic carbocycles. The molecule has 7 heteroatoms. The van der Waals surface area contributed by atoms with Gasteiger partial charge in [0.2, 0.25) is 0 Å². The van der Waals surface area contributed by atoms with E-state index in [2.05, 4.69) is 10.4 Å². The number of ether oxygens (including phenoxy) is 1. The molecule has 0 unspecified atom stereocenters. The maximum Gasteiger partial charge on any atom is 0.269 e. The normalized spacial score (nSPS) is 26.4. The third kappa shape index (κ3) is 5.77. The van der Waals surface area contributed by atoms with Crippen molar-refractivity contribution in [2.45, 2.75) is 70.1 Å². The highest BCUT2D eigenvalue weighted by Gasteiger charge is 2.28. The van der Waals surface area contributed by atoms with Gasteiger partial charge >= 0.3 is 0 Å². The Morgan fingerprint density at radius 2 is 1.91 bits per heavy atom. The smallest absolute Gasteiger partial charge is 0.269 e. The summed E-state index contributed by atoms with van der Waals surface area (Å²) in [5.41, 5.74) is 3.30. The molecular formula is C15H30N2O4S. The largest absolute Gasteiger partial charge is 0.383 e. The minimum atomic E-state index is -3.47. The molecule has 1 N–H and O–H groups in total. The van der Waals surface area contributed by atoms with Gasteiger partial charge in [0, 0.05) is 25.7 Å². The monoisotopic (exact) mass is 334 g/mol. The van der Waals surface area contributed by atoms with Crippen LogP contribution in [-0.4, -0.2) is 57.6 Å². The van der Waals surface area contributed by atoms with E-state index in [0.717, 1.165) is 45.1 Å². The molecule has 1 aliphatic heterocycles. The Balaban J connectivity index is 1.78. The van der Waals surface area contributed by atoms with E-state index in [1.165, 1.54) is 6.42 Å². The minimum Gasteiger partial charge on any atom is -0.383 e. The third-order valence-corrected chi connectivity index (χ3v) is 5.89. The molecular weight excluding hydrogens is 304 g/mol. The van der Waals surface area contributed by atoms with Crippen molar-refractivity contribution >= 4 is 10.1 Å². The molecule has 0 spiro atoms.